The molecule has 2 aliphatic heterocycles. The smallest absolute Gasteiger partial charge is 0.295 e. The van der Waals surface area contributed by atoms with Crippen LogP contribution in [0.3, 0.4) is 0 Å². The van der Waals surface area contributed by atoms with E-state index in [2.05, 4.69) is 20.6 Å². The summed E-state index contributed by atoms with van der Waals surface area (Å²) in [5, 5.41) is 16.9. The fraction of sp³-hybridized carbons (Fsp3) is 0.435. The van der Waals surface area contributed by atoms with Crippen molar-refractivity contribution in [3.63, 3.8) is 0 Å². The molecule has 0 bridgehead atoms. The highest BCUT2D eigenvalue weighted by Gasteiger charge is 2.44. The van der Waals surface area contributed by atoms with Gasteiger partial charge in [0.15, 0.2) is 5.82 Å². The average Bonchev–Trinajstić information content (AvgIpc) is 3.10. The molecule has 186 valence electrons. The van der Waals surface area contributed by atoms with Crippen LogP contribution >= 0.6 is 11.6 Å². The van der Waals surface area contributed by atoms with E-state index in [1.165, 1.54) is 6.20 Å². The molecular formula is C23H25ClF2N6O3. The first-order valence-corrected chi connectivity index (χ1v) is 11.7. The van der Waals surface area contributed by atoms with E-state index in [9.17, 15) is 18.7 Å². The Kier molecular flexibility index (Phi) is 6.14. The van der Waals surface area contributed by atoms with Crippen LogP contribution in [0.2, 0.25) is 5.02 Å². The lowest BCUT2D eigenvalue weighted by molar-refractivity contribution is -0.0881. The molecule has 1 fully saturated rings. The highest BCUT2D eigenvalue weighted by molar-refractivity contribution is 6.32. The molecule has 1 saturated heterocycles. The predicted octanol–water partition coefficient (Wildman–Crippen LogP) is 3.37. The molecule has 3 aromatic rings. The summed E-state index contributed by atoms with van der Waals surface area (Å²) in [6.07, 6.45) is 1.80. The van der Waals surface area contributed by atoms with Crippen molar-refractivity contribution < 1.29 is 18.6 Å². The molecule has 2 aliphatic rings. The minimum atomic E-state index is -2.93. The molecule has 4 heterocycles. The van der Waals surface area contributed by atoms with E-state index in [1.807, 2.05) is 12.1 Å². The van der Waals surface area contributed by atoms with E-state index in [0.717, 1.165) is 17.3 Å². The number of hydrogen-bond donors (Lipinski definition) is 3. The minimum Gasteiger partial charge on any atom is -0.486 e. The van der Waals surface area contributed by atoms with E-state index in [0.29, 0.717) is 30.3 Å². The monoisotopic (exact) mass is 506 g/mol. The third-order valence-corrected chi connectivity index (χ3v) is 6.75. The first kappa shape index (κ1) is 23.6. The second-order valence-corrected chi connectivity index (χ2v) is 9.16. The molecule has 12 heteroatoms. The number of pyridine rings is 1. The topological polar surface area (TPSA) is 105 Å². The summed E-state index contributed by atoms with van der Waals surface area (Å²) in [5.41, 5.74) is 1.83. The molecule has 3 N–H and O–H groups in total. The molecule has 0 spiro atoms. The molecule has 9 nitrogen and oxygen atoms in total. The lowest BCUT2D eigenvalue weighted by atomic mass is 9.94. The van der Waals surface area contributed by atoms with Crippen LogP contribution in [0.1, 0.15) is 12.8 Å². The zero-order valence-corrected chi connectivity index (χ0v) is 19.8. The Labute approximate surface area is 204 Å². The van der Waals surface area contributed by atoms with E-state index in [4.69, 9.17) is 16.3 Å². The molecule has 1 unspecified atom stereocenters. The van der Waals surface area contributed by atoms with E-state index >= 15 is 0 Å². The highest BCUT2D eigenvalue weighted by atomic mass is 35.5. The van der Waals surface area contributed by atoms with Crippen molar-refractivity contribution >= 4 is 45.6 Å². The zero-order chi connectivity index (χ0) is 24.7. The SMILES string of the molecule is Cn1c(=O)c2c(c3cc(Nc4nc(N5CCC(F)(F)C(CO)C5)ncc4Cl)ccc31)NCCCO2. The third-order valence-electron chi connectivity index (χ3n) is 6.47. The number of benzene rings is 1. The number of aromatic nitrogens is 3. The van der Waals surface area contributed by atoms with Crippen LogP contribution in [0.25, 0.3) is 10.9 Å². The van der Waals surface area contributed by atoms with Gasteiger partial charge >= 0.3 is 0 Å². The van der Waals surface area contributed by atoms with Crippen LogP contribution in [0.5, 0.6) is 5.75 Å². The number of nitrogens with one attached hydrogen (secondary N) is 2. The van der Waals surface area contributed by atoms with Crippen molar-refractivity contribution in [3.05, 3.63) is 39.8 Å². The van der Waals surface area contributed by atoms with Gasteiger partial charge in [-0.15, -0.1) is 0 Å². The summed E-state index contributed by atoms with van der Waals surface area (Å²) in [7, 11) is 1.70. The average molecular weight is 507 g/mol. The first-order valence-electron chi connectivity index (χ1n) is 11.3. The molecule has 0 saturated carbocycles. The van der Waals surface area contributed by atoms with Crippen LogP contribution in [-0.2, 0) is 7.05 Å². The van der Waals surface area contributed by atoms with Crippen LogP contribution in [0.15, 0.2) is 29.2 Å². The number of anilines is 4. The quantitative estimate of drug-likeness (QED) is 0.495. The van der Waals surface area contributed by atoms with E-state index in [1.54, 1.807) is 22.6 Å². The largest absolute Gasteiger partial charge is 0.486 e. The molecule has 1 aromatic carbocycles. The fourth-order valence-electron chi connectivity index (χ4n) is 4.45. The first-order chi connectivity index (χ1) is 16.8. The Hall–Kier alpha value is -3.18. The summed E-state index contributed by atoms with van der Waals surface area (Å²) in [4.78, 5) is 23.1. The summed E-state index contributed by atoms with van der Waals surface area (Å²) in [6, 6.07) is 5.49. The van der Waals surface area contributed by atoms with Crippen molar-refractivity contribution in [2.75, 3.05) is 48.4 Å². The standard InChI is InChI=1S/C23H25ClF2N6O3/c1-31-17-4-3-14(9-15(17)18-19(21(31)34)35-8-2-6-27-18)29-20-16(24)10-28-22(30-20)32-7-5-23(25,26)13(11-32)12-33/h3-4,9-10,13,27,33H,2,5-8,11-12H2,1H3,(H,28,29,30). The van der Waals surface area contributed by atoms with Gasteiger partial charge in [-0.2, -0.15) is 4.98 Å². The number of hydrogen-bond acceptors (Lipinski definition) is 8. The van der Waals surface area contributed by atoms with Crippen molar-refractivity contribution in [3.8, 4) is 5.75 Å². The number of alkyl halides is 2. The van der Waals surface area contributed by atoms with Crippen molar-refractivity contribution in [2.24, 2.45) is 13.0 Å². The van der Waals surface area contributed by atoms with Gasteiger partial charge in [-0.25, -0.2) is 13.8 Å². The van der Waals surface area contributed by atoms with Crippen molar-refractivity contribution in [2.45, 2.75) is 18.8 Å². The highest BCUT2D eigenvalue weighted by Crippen LogP contribution is 2.36. The molecule has 1 atom stereocenters. The number of fused-ring (bicyclic) bond motifs is 3. The van der Waals surface area contributed by atoms with Crippen LogP contribution in [0, 0.1) is 5.92 Å². The summed E-state index contributed by atoms with van der Waals surface area (Å²) >= 11 is 6.34. The van der Waals surface area contributed by atoms with Crippen LogP contribution < -0.4 is 25.8 Å². The Bertz CT molecular complexity index is 1330. The van der Waals surface area contributed by atoms with Gasteiger partial charge in [-0.3, -0.25) is 4.79 Å². The van der Waals surface area contributed by atoms with Gasteiger partial charge in [0.2, 0.25) is 11.7 Å². The minimum absolute atomic E-state index is 0.0619. The normalized spacial score (nSPS) is 19.5. The van der Waals surface area contributed by atoms with Crippen LogP contribution in [0.4, 0.5) is 31.9 Å². The second kappa shape index (κ2) is 9.12. The van der Waals surface area contributed by atoms with Gasteiger partial charge in [-0.1, -0.05) is 11.6 Å². The molecule has 0 amide bonds. The Balaban J connectivity index is 1.48. The summed E-state index contributed by atoms with van der Waals surface area (Å²) < 4.78 is 35.3. The third kappa shape index (κ3) is 4.34. The molecule has 0 radical (unpaired) electrons. The number of rotatable bonds is 4. The maximum Gasteiger partial charge on any atom is 0.295 e. The number of piperidine rings is 1. The van der Waals surface area contributed by atoms with Gasteiger partial charge in [0.1, 0.15) is 5.02 Å². The Morgan fingerprint density at radius 3 is 3.03 bits per heavy atom. The number of nitrogens with zero attached hydrogens (tertiary/aromatic N) is 4. The molecule has 5 rings (SSSR count). The van der Waals surface area contributed by atoms with Gasteiger partial charge < -0.3 is 29.9 Å². The van der Waals surface area contributed by atoms with Crippen LogP contribution in [-0.4, -0.2) is 58.4 Å². The predicted molar refractivity (Wildman–Crippen MR) is 130 cm³/mol. The number of aliphatic hydroxyl groups is 1. The Morgan fingerprint density at radius 2 is 2.23 bits per heavy atom. The number of aryl methyl sites for hydroxylation is 1. The van der Waals surface area contributed by atoms with Crippen molar-refractivity contribution in [1.29, 1.82) is 0 Å². The molecule has 35 heavy (non-hydrogen) atoms. The lowest BCUT2D eigenvalue weighted by Crippen LogP contribution is -2.49. The number of halogens is 3. The second-order valence-electron chi connectivity index (χ2n) is 8.76. The Morgan fingerprint density at radius 1 is 1.40 bits per heavy atom. The summed E-state index contributed by atoms with van der Waals surface area (Å²) in [6.45, 7) is 0.512. The van der Waals surface area contributed by atoms with Gasteiger partial charge in [0, 0.05) is 44.2 Å². The van der Waals surface area contributed by atoms with Gasteiger partial charge in [-0.05, 0) is 24.6 Å². The number of ether oxygens (including phenoxy) is 1. The molecule has 2 aromatic heterocycles. The van der Waals surface area contributed by atoms with Gasteiger partial charge in [0.05, 0.1) is 36.5 Å². The maximum absolute atomic E-state index is 14.0. The van der Waals surface area contributed by atoms with E-state index in [-0.39, 0.29) is 35.4 Å². The van der Waals surface area contributed by atoms with Crippen molar-refractivity contribution in [1.82, 2.24) is 14.5 Å². The molecular weight excluding hydrogens is 482 g/mol. The number of aliphatic hydroxyl groups excluding tert-OH is 1. The van der Waals surface area contributed by atoms with Gasteiger partial charge in [0.25, 0.3) is 11.5 Å². The maximum atomic E-state index is 14.0. The molecule has 0 aliphatic carbocycles. The zero-order valence-electron chi connectivity index (χ0n) is 19.0. The fourth-order valence-corrected chi connectivity index (χ4v) is 4.59. The lowest BCUT2D eigenvalue weighted by Gasteiger charge is -2.37. The summed E-state index contributed by atoms with van der Waals surface area (Å²) in [5.74, 6) is -3.27. The van der Waals surface area contributed by atoms with E-state index < -0.39 is 24.9 Å².